The summed E-state index contributed by atoms with van der Waals surface area (Å²) in [6.45, 7) is 1.86. The second-order valence-corrected chi connectivity index (χ2v) is 3.22. The molecule has 0 saturated heterocycles. The van der Waals surface area contributed by atoms with Crippen molar-refractivity contribution in [2.75, 3.05) is 7.11 Å². The molecular formula is C9H11ClN2O2. The lowest BCUT2D eigenvalue weighted by molar-refractivity contribution is 0.318. The Morgan fingerprint density at radius 2 is 2.21 bits per heavy atom. The first-order valence-electron chi connectivity index (χ1n) is 3.92. The van der Waals surface area contributed by atoms with Crippen molar-refractivity contribution in [2.45, 2.75) is 6.92 Å². The van der Waals surface area contributed by atoms with Crippen LogP contribution in [0.25, 0.3) is 0 Å². The molecular weight excluding hydrogens is 204 g/mol. The van der Waals surface area contributed by atoms with Crippen molar-refractivity contribution < 1.29 is 9.94 Å². The molecule has 1 aromatic rings. The quantitative estimate of drug-likeness (QED) is 0.341. The minimum absolute atomic E-state index is 0.0209. The average molecular weight is 215 g/mol. The summed E-state index contributed by atoms with van der Waals surface area (Å²) in [5, 5.41) is 11.9. The lowest BCUT2D eigenvalue weighted by Crippen LogP contribution is -2.14. The summed E-state index contributed by atoms with van der Waals surface area (Å²) >= 11 is 5.92. The molecule has 0 unspecified atom stereocenters. The van der Waals surface area contributed by atoms with Crippen molar-refractivity contribution in [3.8, 4) is 5.75 Å². The Morgan fingerprint density at radius 3 is 2.71 bits per heavy atom. The van der Waals surface area contributed by atoms with E-state index in [0.29, 0.717) is 16.3 Å². The molecule has 0 amide bonds. The molecule has 1 aromatic carbocycles. The van der Waals surface area contributed by atoms with Gasteiger partial charge >= 0.3 is 0 Å². The van der Waals surface area contributed by atoms with Gasteiger partial charge in [0, 0.05) is 0 Å². The molecule has 3 N–H and O–H groups in total. The highest BCUT2D eigenvalue weighted by Gasteiger charge is 2.12. The molecule has 76 valence electrons. The zero-order valence-corrected chi connectivity index (χ0v) is 8.67. The fourth-order valence-corrected chi connectivity index (χ4v) is 1.53. The predicted molar refractivity (Wildman–Crippen MR) is 55.3 cm³/mol. The van der Waals surface area contributed by atoms with Crippen LogP contribution in [0.3, 0.4) is 0 Å². The van der Waals surface area contributed by atoms with Gasteiger partial charge in [0.25, 0.3) is 0 Å². The maximum Gasteiger partial charge on any atom is 0.173 e. The lowest BCUT2D eigenvalue weighted by atomic mass is 10.1. The molecule has 0 aliphatic rings. The van der Waals surface area contributed by atoms with Gasteiger partial charge in [0.1, 0.15) is 5.75 Å². The van der Waals surface area contributed by atoms with Gasteiger partial charge in [-0.3, -0.25) is 0 Å². The third-order valence-corrected chi connectivity index (χ3v) is 2.06. The molecule has 14 heavy (non-hydrogen) atoms. The summed E-state index contributed by atoms with van der Waals surface area (Å²) in [5.74, 6) is 0.389. The van der Waals surface area contributed by atoms with Crippen molar-refractivity contribution in [3.05, 3.63) is 28.3 Å². The van der Waals surface area contributed by atoms with Gasteiger partial charge in [-0.1, -0.05) is 16.8 Å². The summed E-state index contributed by atoms with van der Waals surface area (Å²) in [7, 11) is 1.48. The summed E-state index contributed by atoms with van der Waals surface area (Å²) in [5.41, 5.74) is 6.87. The number of halogens is 1. The summed E-state index contributed by atoms with van der Waals surface area (Å²) < 4.78 is 5.05. The van der Waals surface area contributed by atoms with Crippen LogP contribution in [0.15, 0.2) is 17.3 Å². The van der Waals surface area contributed by atoms with Crippen LogP contribution in [-0.4, -0.2) is 18.2 Å². The second kappa shape index (κ2) is 4.19. The van der Waals surface area contributed by atoms with E-state index in [4.69, 9.17) is 27.3 Å². The molecule has 0 aliphatic carbocycles. The van der Waals surface area contributed by atoms with E-state index in [1.165, 1.54) is 7.11 Å². The zero-order valence-electron chi connectivity index (χ0n) is 7.91. The van der Waals surface area contributed by atoms with Crippen LogP contribution < -0.4 is 10.5 Å². The van der Waals surface area contributed by atoms with Crippen molar-refractivity contribution >= 4 is 17.4 Å². The van der Waals surface area contributed by atoms with E-state index in [9.17, 15) is 0 Å². The fraction of sp³-hybridized carbons (Fsp3) is 0.222. The highest BCUT2D eigenvalue weighted by molar-refractivity contribution is 6.32. The fourth-order valence-electron chi connectivity index (χ4n) is 1.18. The Balaban J connectivity index is 3.39. The van der Waals surface area contributed by atoms with Crippen LogP contribution >= 0.6 is 11.6 Å². The van der Waals surface area contributed by atoms with Crippen LogP contribution in [0.2, 0.25) is 5.02 Å². The number of nitrogens with zero attached hydrogens (tertiary/aromatic N) is 1. The van der Waals surface area contributed by atoms with E-state index < -0.39 is 0 Å². The molecule has 0 radical (unpaired) electrons. The highest BCUT2D eigenvalue weighted by atomic mass is 35.5. The van der Waals surface area contributed by atoms with Crippen molar-refractivity contribution in [2.24, 2.45) is 10.9 Å². The smallest absolute Gasteiger partial charge is 0.173 e. The largest absolute Gasteiger partial charge is 0.494 e. The molecule has 0 atom stereocenters. The topological polar surface area (TPSA) is 67.8 Å². The number of methoxy groups -OCH3 is 1. The molecule has 5 heteroatoms. The number of ether oxygens (including phenoxy) is 1. The van der Waals surface area contributed by atoms with Crippen LogP contribution in [0.5, 0.6) is 5.75 Å². The minimum atomic E-state index is -0.0209. The molecule has 0 aliphatic heterocycles. The van der Waals surface area contributed by atoms with Gasteiger partial charge in [-0.25, -0.2) is 0 Å². The van der Waals surface area contributed by atoms with E-state index in [1.807, 2.05) is 6.92 Å². The molecule has 0 fully saturated rings. The number of aryl methyl sites for hydroxylation is 1. The third kappa shape index (κ3) is 1.90. The van der Waals surface area contributed by atoms with Gasteiger partial charge in [0.15, 0.2) is 5.84 Å². The Kier molecular flexibility index (Phi) is 3.19. The number of amidine groups is 1. The molecule has 0 aromatic heterocycles. The van der Waals surface area contributed by atoms with Crippen molar-refractivity contribution in [3.63, 3.8) is 0 Å². The summed E-state index contributed by atoms with van der Waals surface area (Å²) in [6.07, 6.45) is 0. The molecule has 0 heterocycles. The number of hydrogen-bond acceptors (Lipinski definition) is 3. The first-order valence-corrected chi connectivity index (χ1v) is 4.30. The maximum atomic E-state index is 8.55. The van der Waals surface area contributed by atoms with Gasteiger partial charge in [-0.05, 0) is 24.6 Å². The van der Waals surface area contributed by atoms with E-state index >= 15 is 0 Å². The van der Waals surface area contributed by atoms with Crippen molar-refractivity contribution in [1.82, 2.24) is 0 Å². The summed E-state index contributed by atoms with van der Waals surface area (Å²) in [6, 6.07) is 3.48. The first-order chi connectivity index (χ1) is 6.60. The van der Waals surface area contributed by atoms with E-state index in [0.717, 1.165) is 5.56 Å². The van der Waals surface area contributed by atoms with Crippen LogP contribution in [0.4, 0.5) is 0 Å². The Hall–Kier alpha value is -1.42. The van der Waals surface area contributed by atoms with Crippen LogP contribution in [-0.2, 0) is 0 Å². The average Bonchev–Trinajstić information content (AvgIpc) is 2.15. The number of rotatable bonds is 2. The Bertz CT molecular complexity index is 377. The maximum absolute atomic E-state index is 8.55. The van der Waals surface area contributed by atoms with Gasteiger partial charge in [0.05, 0.1) is 17.7 Å². The highest BCUT2D eigenvalue weighted by Crippen LogP contribution is 2.29. The van der Waals surface area contributed by atoms with Gasteiger partial charge in [-0.2, -0.15) is 0 Å². The molecule has 0 bridgehead atoms. The number of benzene rings is 1. The third-order valence-electron chi connectivity index (χ3n) is 1.78. The van der Waals surface area contributed by atoms with Crippen LogP contribution in [0, 0.1) is 6.92 Å². The molecule has 0 spiro atoms. The summed E-state index contributed by atoms with van der Waals surface area (Å²) in [4.78, 5) is 0. The normalized spacial score (nSPS) is 11.5. The van der Waals surface area contributed by atoms with E-state index in [-0.39, 0.29) is 5.84 Å². The number of hydrogen-bond donors (Lipinski definition) is 2. The van der Waals surface area contributed by atoms with Gasteiger partial charge in [0.2, 0.25) is 0 Å². The standard InChI is InChI=1S/C9H11ClN2O2/c1-5-3-6(9(11)12-13)8(14-2)7(10)4-5/h3-4,13H,1-2H3,(H2,11,12). The van der Waals surface area contributed by atoms with Crippen LogP contribution in [0.1, 0.15) is 11.1 Å². The Morgan fingerprint density at radius 1 is 1.57 bits per heavy atom. The van der Waals surface area contributed by atoms with Crippen molar-refractivity contribution in [1.29, 1.82) is 0 Å². The predicted octanol–water partition coefficient (Wildman–Crippen LogP) is 1.75. The van der Waals surface area contributed by atoms with E-state index in [2.05, 4.69) is 5.16 Å². The van der Waals surface area contributed by atoms with E-state index in [1.54, 1.807) is 12.1 Å². The molecule has 1 rings (SSSR count). The lowest BCUT2D eigenvalue weighted by Gasteiger charge is -2.09. The minimum Gasteiger partial charge on any atom is -0.494 e. The van der Waals surface area contributed by atoms with Gasteiger partial charge in [-0.15, -0.1) is 0 Å². The van der Waals surface area contributed by atoms with Gasteiger partial charge < -0.3 is 15.7 Å². The number of oxime groups is 1. The SMILES string of the molecule is COc1c(Cl)cc(C)cc1/C(N)=N\O. The first kappa shape index (κ1) is 10.7. The number of nitrogens with two attached hydrogens (primary N) is 1. The molecule has 4 nitrogen and oxygen atoms in total. The Labute approximate surface area is 86.9 Å². The molecule has 0 saturated carbocycles. The second-order valence-electron chi connectivity index (χ2n) is 2.81. The monoisotopic (exact) mass is 214 g/mol. The zero-order chi connectivity index (χ0) is 10.7.